The highest BCUT2D eigenvalue weighted by molar-refractivity contribution is 7.71. The number of ether oxygens (including phenoxy) is 1. The number of benzene rings is 1. The lowest BCUT2D eigenvalue weighted by atomic mass is 10.1. The average Bonchev–Trinajstić information content (AvgIpc) is 2.54. The third-order valence-corrected chi connectivity index (χ3v) is 4.35. The number of hydrogen-bond acceptors (Lipinski definition) is 5. The van der Waals surface area contributed by atoms with Crippen LogP contribution in [0.15, 0.2) is 22.8 Å². The summed E-state index contributed by atoms with van der Waals surface area (Å²) in [7, 11) is 1.61. The molecule has 0 amide bonds. The van der Waals surface area contributed by atoms with Gasteiger partial charge in [0.15, 0.2) is 5.75 Å². The van der Waals surface area contributed by atoms with Crippen molar-refractivity contribution in [1.29, 1.82) is 0 Å². The molecule has 5 heteroatoms. The lowest BCUT2D eigenvalue weighted by Crippen LogP contribution is -2.28. The average molecular weight is 320 g/mol. The van der Waals surface area contributed by atoms with Crippen LogP contribution in [0.5, 0.6) is 5.75 Å². The van der Waals surface area contributed by atoms with Crippen LogP contribution >= 0.6 is 12.2 Å². The van der Waals surface area contributed by atoms with Crippen molar-refractivity contribution < 1.29 is 9.15 Å². The molecule has 0 aliphatic carbocycles. The lowest BCUT2D eigenvalue weighted by Gasteiger charge is -2.19. The van der Waals surface area contributed by atoms with Crippen LogP contribution in [0.1, 0.15) is 19.4 Å². The fraction of sp³-hybridized carbons (Fsp3) is 0.471. The number of aryl methyl sites for hydroxylation is 1. The second kappa shape index (κ2) is 7.61. The van der Waals surface area contributed by atoms with Crippen LogP contribution < -0.4 is 10.1 Å². The highest BCUT2D eigenvalue weighted by Crippen LogP contribution is 2.32. The van der Waals surface area contributed by atoms with E-state index in [0.717, 1.165) is 48.4 Å². The summed E-state index contributed by atoms with van der Waals surface area (Å²) in [6.45, 7) is 10.4. The molecule has 0 saturated carbocycles. The fourth-order valence-corrected chi connectivity index (χ4v) is 2.86. The summed E-state index contributed by atoms with van der Waals surface area (Å²) < 4.78 is 11.7. The fourth-order valence-electron chi connectivity index (χ4n) is 2.53. The quantitative estimate of drug-likeness (QED) is 0.773. The van der Waals surface area contributed by atoms with Gasteiger partial charge in [-0.25, -0.2) is 0 Å². The molecule has 0 aliphatic heterocycles. The molecule has 0 spiro atoms. The van der Waals surface area contributed by atoms with Gasteiger partial charge >= 0.3 is 0 Å². The SMILES string of the molecule is CCN(CC)CCNc1ccc(C)c2occ(OC)c(=S)c12. The Morgan fingerprint density at radius 1 is 1.27 bits per heavy atom. The predicted molar refractivity (Wildman–Crippen MR) is 94.6 cm³/mol. The smallest absolute Gasteiger partial charge is 0.172 e. The first-order valence-corrected chi connectivity index (χ1v) is 8.08. The molecule has 0 atom stereocenters. The van der Waals surface area contributed by atoms with E-state index < -0.39 is 0 Å². The highest BCUT2D eigenvalue weighted by atomic mass is 32.1. The van der Waals surface area contributed by atoms with Crippen molar-refractivity contribution in [2.24, 2.45) is 0 Å². The molecule has 4 nitrogen and oxygen atoms in total. The zero-order valence-corrected chi connectivity index (χ0v) is 14.5. The molecule has 1 N–H and O–H groups in total. The van der Waals surface area contributed by atoms with Crippen molar-refractivity contribution in [3.05, 3.63) is 28.5 Å². The molecule has 2 aromatic rings. The third kappa shape index (κ3) is 3.42. The van der Waals surface area contributed by atoms with Gasteiger partial charge in [0.05, 0.1) is 17.0 Å². The topological polar surface area (TPSA) is 37.6 Å². The summed E-state index contributed by atoms with van der Waals surface area (Å²) in [5, 5.41) is 4.41. The number of hydrogen-bond donors (Lipinski definition) is 1. The number of nitrogens with zero attached hydrogens (tertiary/aromatic N) is 1. The van der Waals surface area contributed by atoms with Gasteiger partial charge in [-0.15, -0.1) is 0 Å². The summed E-state index contributed by atoms with van der Waals surface area (Å²) in [4.78, 5) is 2.38. The monoisotopic (exact) mass is 320 g/mol. The van der Waals surface area contributed by atoms with Gasteiger partial charge in [0, 0.05) is 18.8 Å². The summed E-state index contributed by atoms with van der Waals surface area (Å²) >= 11 is 5.55. The van der Waals surface area contributed by atoms with Crippen LogP contribution in [0.4, 0.5) is 5.69 Å². The minimum Gasteiger partial charge on any atom is -0.492 e. The zero-order valence-electron chi connectivity index (χ0n) is 13.7. The molecule has 0 aliphatic rings. The van der Waals surface area contributed by atoms with Crippen molar-refractivity contribution in [3.63, 3.8) is 0 Å². The summed E-state index contributed by atoms with van der Waals surface area (Å²) in [6, 6.07) is 4.11. The molecule has 1 heterocycles. The van der Waals surface area contributed by atoms with Crippen LogP contribution in [0, 0.1) is 11.4 Å². The minimum absolute atomic E-state index is 0.597. The summed E-state index contributed by atoms with van der Waals surface area (Å²) in [6.07, 6.45) is 1.58. The summed E-state index contributed by atoms with van der Waals surface area (Å²) in [5.74, 6) is 0.597. The molecule has 120 valence electrons. The maximum atomic E-state index is 5.71. The first-order chi connectivity index (χ1) is 10.6. The van der Waals surface area contributed by atoms with Crippen LogP contribution in [-0.4, -0.2) is 38.2 Å². The van der Waals surface area contributed by atoms with E-state index in [4.69, 9.17) is 21.4 Å². The minimum atomic E-state index is 0.597. The largest absolute Gasteiger partial charge is 0.492 e. The van der Waals surface area contributed by atoms with Gasteiger partial charge in [-0.1, -0.05) is 32.1 Å². The van der Waals surface area contributed by atoms with Gasteiger partial charge < -0.3 is 19.4 Å². The van der Waals surface area contributed by atoms with E-state index >= 15 is 0 Å². The van der Waals surface area contributed by atoms with E-state index in [1.807, 2.05) is 13.0 Å². The van der Waals surface area contributed by atoms with Crippen molar-refractivity contribution >= 4 is 28.9 Å². The van der Waals surface area contributed by atoms with E-state index in [9.17, 15) is 0 Å². The van der Waals surface area contributed by atoms with E-state index in [0.29, 0.717) is 10.3 Å². The maximum absolute atomic E-state index is 5.71. The summed E-state index contributed by atoms with van der Waals surface area (Å²) in [5.41, 5.74) is 2.89. The van der Waals surface area contributed by atoms with Crippen LogP contribution in [0.25, 0.3) is 11.0 Å². The molecule has 0 bridgehead atoms. The van der Waals surface area contributed by atoms with Crippen molar-refractivity contribution in [2.75, 3.05) is 38.6 Å². The molecule has 0 saturated heterocycles. The number of rotatable bonds is 7. The number of methoxy groups -OCH3 is 1. The molecular weight excluding hydrogens is 296 g/mol. The second-order valence-corrected chi connectivity index (χ2v) is 5.63. The molecule has 2 rings (SSSR count). The Morgan fingerprint density at radius 2 is 2.00 bits per heavy atom. The zero-order chi connectivity index (χ0) is 16.1. The van der Waals surface area contributed by atoms with Crippen LogP contribution in [0.2, 0.25) is 0 Å². The third-order valence-electron chi connectivity index (χ3n) is 3.95. The molecule has 1 aromatic carbocycles. The van der Waals surface area contributed by atoms with Crippen molar-refractivity contribution in [2.45, 2.75) is 20.8 Å². The number of fused-ring (bicyclic) bond motifs is 1. The van der Waals surface area contributed by atoms with Crippen LogP contribution in [0.3, 0.4) is 0 Å². The molecule has 1 aromatic heterocycles. The Morgan fingerprint density at radius 3 is 2.64 bits per heavy atom. The van der Waals surface area contributed by atoms with Gasteiger partial charge in [0.2, 0.25) is 0 Å². The first kappa shape index (κ1) is 16.8. The Labute approximate surface area is 137 Å². The van der Waals surface area contributed by atoms with E-state index in [-0.39, 0.29) is 0 Å². The Balaban J connectivity index is 2.33. The van der Waals surface area contributed by atoms with E-state index in [2.05, 4.69) is 30.1 Å². The molecule has 0 fully saturated rings. The van der Waals surface area contributed by atoms with Gasteiger partial charge in [0.25, 0.3) is 0 Å². The van der Waals surface area contributed by atoms with Gasteiger partial charge in [-0.05, 0) is 31.6 Å². The Kier molecular flexibility index (Phi) is 5.80. The highest BCUT2D eigenvalue weighted by Gasteiger charge is 2.11. The predicted octanol–water partition coefficient (Wildman–Crippen LogP) is 4.23. The molecule has 0 radical (unpaired) electrons. The normalized spacial score (nSPS) is 11.1. The molecular formula is C17H24N2O2S. The number of anilines is 1. The Bertz CT molecular complexity index is 693. The van der Waals surface area contributed by atoms with E-state index in [1.165, 1.54) is 0 Å². The lowest BCUT2D eigenvalue weighted by molar-refractivity contribution is 0.316. The molecule has 0 unspecified atom stereocenters. The first-order valence-electron chi connectivity index (χ1n) is 7.67. The van der Waals surface area contributed by atoms with E-state index in [1.54, 1.807) is 13.4 Å². The van der Waals surface area contributed by atoms with Crippen molar-refractivity contribution in [3.8, 4) is 5.75 Å². The van der Waals surface area contributed by atoms with Crippen LogP contribution in [-0.2, 0) is 0 Å². The maximum Gasteiger partial charge on any atom is 0.172 e. The van der Waals surface area contributed by atoms with Gasteiger partial charge in [-0.3, -0.25) is 0 Å². The number of likely N-dealkylation sites (N-methyl/N-ethyl adjacent to an activating group) is 1. The number of nitrogens with one attached hydrogen (secondary N) is 1. The Hall–Kier alpha value is -1.59. The van der Waals surface area contributed by atoms with Gasteiger partial charge in [-0.2, -0.15) is 0 Å². The second-order valence-electron chi connectivity index (χ2n) is 5.22. The molecule has 22 heavy (non-hydrogen) atoms. The van der Waals surface area contributed by atoms with Crippen molar-refractivity contribution in [1.82, 2.24) is 4.90 Å². The standard InChI is InChI=1S/C17H24N2O2S/c1-5-19(6-2)10-9-18-13-8-7-12(3)16-15(13)17(22)14(20-4)11-21-16/h7-8,11,18H,5-6,9-10H2,1-4H3. The van der Waals surface area contributed by atoms with Gasteiger partial charge in [0.1, 0.15) is 11.8 Å².